The van der Waals surface area contributed by atoms with E-state index < -0.39 is 5.60 Å². The molecule has 1 aliphatic heterocycles. The molecule has 1 aliphatic rings. The van der Waals surface area contributed by atoms with Crippen molar-refractivity contribution in [2.75, 3.05) is 26.7 Å². The molecule has 0 spiro atoms. The van der Waals surface area contributed by atoms with Gasteiger partial charge in [0.1, 0.15) is 5.69 Å². The molecule has 2 heterocycles. The molecule has 0 saturated carbocycles. The van der Waals surface area contributed by atoms with Gasteiger partial charge in [0.15, 0.2) is 5.60 Å². The van der Waals surface area contributed by atoms with Crippen molar-refractivity contribution in [3.05, 3.63) is 28.2 Å². The van der Waals surface area contributed by atoms with Crippen LogP contribution in [0.3, 0.4) is 0 Å². The second-order valence-electron chi connectivity index (χ2n) is 4.69. The summed E-state index contributed by atoms with van der Waals surface area (Å²) in [7, 11) is 1.52. The molecular formula is C12H16N4O4. The number of carbonyl (C=O) groups excluding carboxylic acids is 2. The zero-order valence-corrected chi connectivity index (χ0v) is 11.3. The van der Waals surface area contributed by atoms with Gasteiger partial charge in [-0.2, -0.15) is 5.10 Å². The molecule has 1 fully saturated rings. The molecule has 0 bridgehead atoms. The van der Waals surface area contributed by atoms with Crippen LogP contribution in [0.5, 0.6) is 0 Å². The summed E-state index contributed by atoms with van der Waals surface area (Å²) in [5, 5.41) is 8.42. The van der Waals surface area contributed by atoms with Crippen molar-refractivity contribution in [1.82, 2.24) is 20.4 Å². The smallest absolute Gasteiger partial charge is 0.274 e. The number of hydrogen-bond donors (Lipinski definition) is 2. The maximum atomic E-state index is 12.3. The molecule has 0 radical (unpaired) electrons. The average molecular weight is 280 g/mol. The number of nitrogens with zero attached hydrogens (tertiary/aromatic N) is 2. The molecule has 1 atom stereocenters. The van der Waals surface area contributed by atoms with Gasteiger partial charge < -0.3 is 15.0 Å². The molecule has 1 aromatic rings. The highest BCUT2D eigenvalue weighted by atomic mass is 16.5. The Balaban J connectivity index is 2.16. The quantitative estimate of drug-likeness (QED) is 0.704. The number of carbonyl (C=O) groups is 2. The number of hydrogen-bond acceptors (Lipinski definition) is 5. The highest BCUT2D eigenvalue weighted by molar-refractivity contribution is 5.93. The highest BCUT2D eigenvalue weighted by Crippen LogP contribution is 2.19. The van der Waals surface area contributed by atoms with E-state index in [1.54, 1.807) is 6.92 Å². The molecule has 8 nitrogen and oxygen atoms in total. The predicted molar refractivity (Wildman–Crippen MR) is 69.2 cm³/mol. The Bertz CT molecular complexity index is 565. The number of ether oxygens (including phenoxy) is 1. The van der Waals surface area contributed by atoms with Crippen molar-refractivity contribution < 1.29 is 14.3 Å². The van der Waals surface area contributed by atoms with Crippen molar-refractivity contribution in [2.45, 2.75) is 12.5 Å². The maximum Gasteiger partial charge on any atom is 0.274 e. The molecule has 2 N–H and O–H groups in total. The van der Waals surface area contributed by atoms with Gasteiger partial charge in [0.25, 0.3) is 17.4 Å². The van der Waals surface area contributed by atoms with Gasteiger partial charge in [-0.3, -0.25) is 14.4 Å². The van der Waals surface area contributed by atoms with Crippen molar-refractivity contribution in [3.63, 3.8) is 0 Å². The van der Waals surface area contributed by atoms with E-state index in [-0.39, 0.29) is 36.2 Å². The largest absolute Gasteiger partial charge is 0.362 e. The SMILES string of the molecule is CNC(=O)[C@@]1(C)CN(C(=O)c2ccc(=O)[nH]n2)CCO1. The van der Waals surface area contributed by atoms with Crippen LogP contribution in [0.15, 0.2) is 16.9 Å². The van der Waals surface area contributed by atoms with Crippen LogP contribution in [0.1, 0.15) is 17.4 Å². The van der Waals surface area contributed by atoms with Gasteiger partial charge >= 0.3 is 0 Å². The van der Waals surface area contributed by atoms with Crippen molar-refractivity contribution in [2.24, 2.45) is 0 Å². The molecule has 2 rings (SSSR count). The Labute approximate surface area is 115 Å². The van der Waals surface area contributed by atoms with Gasteiger partial charge in [0.05, 0.1) is 13.2 Å². The zero-order chi connectivity index (χ0) is 14.8. The van der Waals surface area contributed by atoms with Gasteiger partial charge in [0.2, 0.25) is 0 Å². The number of amides is 2. The van der Waals surface area contributed by atoms with E-state index in [1.807, 2.05) is 0 Å². The topological polar surface area (TPSA) is 104 Å². The molecule has 0 aromatic carbocycles. The van der Waals surface area contributed by atoms with Gasteiger partial charge in [-0.05, 0) is 13.0 Å². The minimum atomic E-state index is -1.08. The first-order valence-corrected chi connectivity index (χ1v) is 6.17. The Kier molecular flexibility index (Phi) is 3.84. The van der Waals surface area contributed by atoms with Crippen LogP contribution in [-0.4, -0.2) is 59.3 Å². The lowest BCUT2D eigenvalue weighted by Gasteiger charge is -2.38. The summed E-state index contributed by atoms with van der Waals surface area (Å²) in [5.74, 6) is -0.635. The van der Waals surface area contributed by atoms with E-state index in [4.69, 9.17) is 4.74 Å². The van der Waals surface area contributed by atoms with E-state index in [1.165, 1.54) is 24.1 Å². The number of aromatic nitrogens is 2. The summed E-state index contributed by atoms with van der Waals surface area (Å²) in [4.78, 5) is 36.5. The van der Waals surface area contributed by atoms with Crippen LogP contribution in [-0.2, 0) is 9.53 Å². The summed E-state index contributed by atoms with van der Waals surface area (Å²) in [6.45, 7) is 2.39. The molecule has 1 saturated heterocycles. The second kappa shape index (κ2) is 5.41. The summed E-state index contributed by atoms with van der Waals surface area (Å²) in [6, 6.07) is 2.59. The molecule has 2 amide bonds. The lowest BCUT2D eigenvalue weighted by molar-refractivity contribution is -0.153. The lowest BCUT2D eigenvalue weighted by Crippen LogP contribution is -2.59. The summed E-state index contributed by atoms with van der Waals surface area (Å²) in [6.07, 6.45) is 0. The van der Waals surface area contributed by atoms with E-state index in [2.05, 4.69) is 15.5 Å². The summed E-state index contributed by atoms with van der Waals surface area (Å²) < 4.78 is 5.47. The average Bonchev–Trinajstić information content (AvgIpc) is 2.46. The number of aromatic amines is 1. The third kappa shape index (κ3) is 2.69. The first kappa shape index (κ1) is 14.2. The maximum absolute atomic E-state index is 12.3. The molecule has 108 valence electrons. The first-order valence-electron chi connectivity index (χ1n) is 6.17. The molecule has 1 aromatic heterocycles. The molecule has 0 aliphatic carbocycles. The number of likely N-dealkylation sites (N-methyl/N-ethyl adjacent to an activating group) is 1. The van der Waals surface area contributed by atoms with E-state index in [9.17, 15) is 14.4 Å². The minimum Gasteiger partial charge on any atom is -0.362 e. The first-order chi connectivity index (χ1) is 9.46. The monoisotopic (exact) mass is 280 g/mol. The Morgan fingerprint density at radius 3 is 2.85 bits per heavy atom. The van der Waals surface area contributed by atoms with Crippen LogP contribution >= 0.6 is 0 Å². The van der Waals surface area contributed by atoms with Crippen LogP contribution in [0.25, 0.3) is 0 Å². The van der Waals surface area contributed by atoms with Crippen molar-refractivity contribution in [1.29, 1.82) is 0 Å². The minimum absolute atomic E-state index is 0.130. The van der Waals surface area contributed by atoms with Gasteiger partial charge in [-0.15, -0.1) is 0 Å². The van der Waals surface area contributed by atoms with Crippen LogP contribution in [0.2, 0.25) is 0 Å². The van der Waals surface area contributed by atoms with E-state index in [0.717, 1.165) is 0 Å². The normalized spacial score (nSPS) is 22.4. The highest BCUT2D eigenvalue weighted by Gasteiger charge is 2.40. The molecule has 8 heteroatoms. The fourth-order valence-electron chi connectivity index (χ4n) is 2.07. The summed E-state index contributed by atoms with van der Waals surface area (Å²) in [5.41, 5.74) is -1.32. The third-order valence-corrected chi connectivity index (χ3v) is 3.17. The standard InChI is InChI=1S/C12H16N4O4/c1-12(11(19)13-2)7-16(5-6-20-12)10(18)8-3-4-9(17)15-14-8/h3-4H,5-7H2,1-2H3,(H,13,19)(H,15,17)/t12-/m1/s1. The van der Waals surface area contributed by atoms with Crippen molar-refractivity contribution in [3.8, 4) is 0 Å². The molecule has 20 heavy (non-hydrogen) atoms. The number of rotatable bonds is 2. The van der Waals surface area contributed by atoms with Gasteiger partial charge in [0, 0.05) is 19.7 Å². The fourth-order valence-corrected chi connectivity index (χ4v) is 2.07. The van der Waals surface area contributed by atoms with Gasteiger partial charge in [-0.1, -0.05) is 0 Å². The fraction of sp³-hybridized carbons (Fsp3) is 0.500. The third-order valence-electron chi connectivity index (χ3n) is 3.17. The lowest BCUT2D eigenvalue weighted by atomic mass is 10.0. The van der Waals surface area contributed by atoms with Crippen LogP contribution in [0.4, 0.5) is 0 Å². The zero-order valence-electron chi connectivity index (χ0n) is 11.3. The number of nitrogens with one attached hydrogen (secondary N) is 2. The van der Waals surface area contributed by atoms with Crippen molar-refractivity contribution >= 4 is 11.8 Å². The summed E-state index contributed by atoms with van der Waals surface area (Å²) >= 11 is 0. The van der Waals surface area contributed by atoms with Crippen LogP contribution < -0.4 is 10.9 Å². The number of H-pyrrole nitrogens is 1. The van der Waals surface area contributed by atoms with Crippen LogP contribution in [0, 0.1) is 0 Å². The Hall–Kier alpha value is -2.22. The van der Waals surface area contributed by atoms with E-state index in [0.29, 0.717) is 6.54 Å². The Morgan fingerprint density at radius 2 is 2.25 bits per heavy atom. The predicted octanol–water partition coefficient (Wildman–Crippen LogP) is -1.25. The molecule has 0 unspecified atom stereocenters. The number of morpholine rings is 1. The van der Waals surface area contributed by atoms with E-state index >= 15 is 0 Å². The molecular weight excluding hydrogens is 264 g/mol. The second-order valence-corrected chi connectivity index (χ2v) is 4.69. The van der Waals surface area contributed by atoms with Gasteiger partial charge in [-0.25, -0.2) is 5.10 Å². The Morgan fingerprint density at radius 1 is 1.50 bits per heavy atom.